The van der Waals surface area contributed by atoms with Crippen LogP contribution < -0.4 is 0 Å². The van der Waals surface area contributed by atoms with Gasteiger partial charge in [0.05, 0.1) is 18.3 Å². The number of hydrogen-bond acceptors (Lipinski definition) is 4. The van der Waals surface area contributed by atoms with Crippen LogP contribution in [-0.4, -0.2) is 47.7 Å². The fourth-order valence-corrected chi connectivity index (χ4v) is 4.06. The molecule has 25 heavy (non-hydrogen) atoms. The van der Waals surface area contributed by atoms with Crippen LogP contribution in [0, 0.1) is 11.8 Å². The van der Waals surface area contributed by atoms with Crippen LogP contribution in [0.2, 0.25) is 0 Å². The minimum atomic E-state index is -0.771. The first kappa shape index (κ1) is 20.4. The summed E-state index contributed by atoms with van der Waals surface area (Å²) in [5.41, 5.74) is 0. The molecule has 1 unspecified atom stereocenters. The fraction of sp³-hybridized carbons (Fsp3) is 0.850. The number of aliphatic hydroxyl groups is 1. The molecule has 0 aromatic carbocycles. The maximum absolute atomic E-state index is 10.5. The number of aliphatic hydroxyl groups excluding tert-OH is 1. The van der Waals surface area contributed by atoms with Crippen molar-refractivity contribution < 1.29 is 24.5 Å². The number of carbonyl (C=O) groups is 1. The Bertz CT molecular complexity index is 422. The van der Waals surface area contributed by atoms with Crippen molar-refractivity contribution >= 4 is 5.97 Å². The van der Waals surface area contributed by atoms with Gasteiger partial charge in [-0.1, -0.05) is 38.3 Å². The summed E-state index contributed by atoms with van der Waals surface area (Å²) in [5, 5.41) is 18.7. The van der Waals surface area contributed by atoms with Gasteiger partial charge in [0.15, 0.2) is 0 Å². The Kier molecular flexibility index (Phi) is 8.93. The molecule has 0 aromatic heterocycles. The maximum Gasteiger partial charge on any atom is 0.303 e. The van der Waals surface area contributed by atoms with Crippen molar-refractivity contribution in [3.05, 3.63) is 12.2 Å². The summed E-state index contributed by atoms with van der Waals surface area (Å²) < 4.78 is 11.7. The monoisotopic (exact) mass is 354 g/mol. The molecular formula is C20H34O5. The number of carboxylic acids is 1. The lowest BCUT2D eigenvalue weighted by atomic mass is 9.77. The lowest BCUT2D eigenvalue weighted by Gasteiger charge is -2.26. The van der Waals surface area contributed by atoms with Crippen molar-refractivity contribution in [3.8, 4) is 0 Å². The van der Waals surface area contributed by atoms with E-state index < -0.39 is 5.97 Å². The van der Waals surface area contributed by atoms with Crippen LogP contribution >= 0.6 is 0 Å². The van der Waals surface area contributed by atoms with Gasteiger partial charge in [-0.05, 0) is 38.0 Å². The van der Waals surface area contributed by atoms with Gasteiger partial charge in [0.25, 0.3) is 0 Å². The van der Waals surface area contributed by atoms with Gasteiger partial charge in [0.1, 0.15) is 0 Å². The highest BCUT2D eigenvalue weighted by Crippen LogP contribution is 2.45. The van der Waals surface area contributed by atoms with E-state index in [-0.39, 0.29) is 12.5 Å². The molecule has 0 amide bonds. The summed E-state index contributed by atoms with van der Waals surface area (Å²) in [5.74, 6) is 0.0623. The standard InChI is InChI=1S/C20H34O5/c1-2-3-4-6-15(21)8-9-16-17(19-11-10-18(16)25-19)12-14-24-13-5-7-20(22)23/h8-9,15-19,21H,2-7,10-14H2,1H3,(H,22,23)/b9-8+/t15?,16-,17+,18-,19+/m1/s1. The second-order valence-electron chi connectivity index (χ2n) is 7.38. The van der Waals surface area contributed by atoms with Crippen molar-refractivity contribution in [1.29, 1.82) is 0 Å². The molecule has 2 bridgehead atoms. The van der Waals surface area contributed by atoms with E-state index in [4.69, 9.17) is 14.6 Å². The fourth-order valence-electron chi connectivity index (χ4n) is 4.06. The van der Waals surface area contributed by atoms with Crippen molar-refractivity contribution in [1.82, 2.24) is 0 Å². The average molecular weight is 354 g/mol. The van der Waals surface area contributed by atoms with Gasteiger partial charge in [-0.3, -0.25) is 4.79 Å². The largest absolute Gasteiger partial charge is 0.481 e. The van der Waals surface area contributed by atoms with E-state index in [1.165, 1.54) is 12.8 Å². The smallest absolute Gasteiger partial charge is 0.303 e. The van der Waals surface area contributed by atoms with Crippen LogP contribution in [0.1, 0.15) is 64.7 Å². The molecule has 2 aliphatic rings. The molecule has 2 saturated heterocycles. The third kappa shape index (κ3) is 6.72. The maximum atomic E-state index is 10.5. The zero-order valence-electron chi connectivity index (χ0n) is 15.4. The van der Waals surface area contributed by atoms with Crippen LogP contribution in [0.25, 0.3) is 0 Å². The van der Waals surface area contributed by atoms with E-state index in [1.807, 2.05) is 6.08 Å². The van der Waals surface area contributed by atoms with Gasteiger partial charge in [-0.25, -0.2) is 0 Å². The van der Waals surface area contributed by atoms with Gasteiger partial charge in [0, 0.05) is 25.6 Å². The van der Waals surface area contributed by atoms with Crippen LogP contribution in [0.5, 0.6) is 0 Å². The molecule has 144 valence electrons. The van der Waals surface area contributed by atoms with Gasteiger partial charge in [-0.15, -0.1) is 0 Å². The van der Waals surface area contributed by atoms with E-state index in [2.05, 4.69) is 13.0 Å². The Morgan fingerprint density at radius 1 is 1.24 bits per heavy atom. The Hall–Kier alpha value is -0.910. The van der Waals surface area contributed by atoms with Gasteiger partial charge >= 0.3 is 5.97 Å². The molecule has 2 fully saturated rings. The first-order chi connectivity index (χ1) is 12.1. The Morgan fingerprint density at radius 3 is 2.80 bits per heavy atom. The van der Waals surface area contributed by atoms with Crippen LogP contribution in [0.3, 0.4) is 0 Å². The zero-order valence-corrected chi connectivity index (χ0v) is 15.4. The topological polar surface area (TPSA) is 76.0 Å². The van der Waals surface area contributed by atoms with Crippen molar-refractivity contribution in [2.75, 3.05) is 13.2 Å². The highest BCUT2D eigenvalue weighted by molar-refractivity contribution is 5.66. The number of rotatable bonds is 13. The van der Waals surface area contributed by atoms with E-state index in [0.717, 1.165) is 32.1 Å². The molecule has 5 atom stereocenters. The molecular weight excluding hydrogens is 320 g/mol. The van der Waals surface area contributed by atoms with E-state index >= 15 is 0 Å². The number of ether oxygens (including phenoxy) is 2. The minimum absolute atomic E-state index is 0.165. The summed E-state index contributed by atoms with van der Waals surface area (Å²) >= 11 is 0. The molecule has 0 spiro atoms. The number of fused-ring (bicyclic) bond motifs is 2. The normalized spacial score (nSPS) is 29.5. The van der Waals surface area contributed by atoms with E-state index in [1.54, 1.807) is 0 Å². The SMILES string of the molecule is CCCCCC(O)/C=C/[C@@H]1[C@H](CCOCCCC(=O)O)[C@@H]2CC[C@H]1O2. The van der Waals surface area contributed by atoms with E-state index in [0.29, 0.717) is 43.7 Å². The lowest BCUT2D eigenvalue weighted by molar-refractivity contribution is -0.137. The molecule has 2 aliphatic heterocycles. The first-order valence-corrected chi connectivity index (χ1v) is 9.93. The third-order valence-electron chi connectivity index (χ3n) is 5.42. The summed E-state index contributed by atoms with van der Waals surface area (Å²) in [6.45, 7) is 3.33. The minimum Gasteiger partial charge on any atom is -0.481 e. The van der Waals surface area contributed by atoms with Crippen molar-refractivity contribution in [2.45, 2.75) is 83.0 Å². The molecule has 0 radical (unpaired) electrons. The predicted octanol–water partition coefficient (Wildman–Crippen LogP) is 3.55. The summed E-state index contributed by atoms with van der Waals surface area (Å²) in [6.07, 6.45) is 12.6. The molecule has 5 nitrogen and oxygen atoms in total. The van der Waals surface area contributed by atoms with Crippen LogP contribution in [-0.2, 0) is 14.3 Å². The molecule has 2 rings (SSSR count). The zero-order chi connectivity index (χ0) is 18.1. The molecule has 0 aliphatic carbocycles. The van der Waals surface area contributed by atoms with E-state index in [9.17, 15) is 9.90 Å². The van der Waals surface area contributed by atoms with Crippen molar-refractivity contribution in [3.63, 3.8) is 0 Å². The summed E-state index contributed by atoms with van der Waals surface area (Å²) in [4.78, 5) is 10.5. The third-order valence-corrected chi connectivity index (χ3v) is 5.42. The highest BCUT2D eigenvalue weighted by atomic mass is 16.5. The van der Waals surface area contributed by atoms with Crippen LogP contribution in [0.15, 0.2) is 12.2 Å². The Balaban J connectivity index is 1.71. The summed E-state index contributed by atoms with van der Waals surface area (Å²) in [6, 6.07) is 0. The van der Waals surface area contributed by atoms with Crippen LogP contribution in [0.4, 0.5) is 0 Å². The Labute approximate surface area is 151 Å². The Morgan fingerprint density at radius 2 is 2.04 bits per heavy atom. The highest BCUT2D eigenvalue weighted by Gasteiger charge is 2.47. The quantitative estimate of drug-likeness (QED) is 0.391. The number of carboxylic acid groups (broad SMARTS) is 1. The predicted molar refractivity (Wildman–Crippen MR) is 96.5 cm³/mol. The van der Waals surface area contributed by atoms with Gasteiger partial charge < -0.3 is 19.7 Å². The molecule has 2 heterocycles. The summed E-state index contributed by atoms with van der Waals surface area (Å²) in [7, 11) is 0. The average Bonchev–Trinajstić information content (AvgIpc) is 3.17. The lowest BCUT2D eigenvalue weighted by Crippen LogP contribution is -2.27. The second-order valence-corrected chi connectivity index (χ2v) is 7.38. The molecule has 0 aromatic rings. The number of unbranched alkanes of at least 4 members (excludes halogenated alkanes) is 2. The van der Waals surface area contributed by atoms with Crippen molar-refractivity contribution in [2.24, 2.45) is 11.8 Å². The second kappa shape index (κ2) is 10.9. The van der Waals surface area contributed by atoms with Gasteiger partial charge in [-0.2, -0.15) is 0 Å². The molecule has 0 saturated carbocycles. The molecule has 2 N–H and O–H groups in total. The number of aliphatic carboxylic acids is 1. The van der Waals surface area contributed by atoms with Gasteiger partial charge in [0.2, 0.25) is 0 Å². The first-order valence-electron chi connectivity index (χ1n) is 9.93. The molecule has 5 heteroatoms. The number of hydrogen-bond donors (Lipinski definition) is 2.